The van der Waals surface area contributed by atoms with E-state index in [9.17, 15) is 13.2 Å². The summed E-state index contributed by atoms with van der Waals surface area (Å²) in [5, 5.41) is 3.01. The van der Waals surface area contributed by atoms with E-state index in [0.29, 0.717) is 17.2 Å². The van der Waals surface area contributed by atoms with Gasteiger partial charge in [-0.2, -0.15) is 0 Å². The summed E-state index contributed by atoms with van der Waals surface area (Å²) in [7, 11) is 0. The first-order valence-electron chi connectivity index (χ1n) is 5.62. The number of aromatic nitrogens is 1. The zero-order valence-electron chi connectivity index (χ0n) is 10.4. The SMILES string of the molecule is NNc1cc(Nc2ccc(OC(F)(F)F)c(Br)c2)ccn1. The highest BCUT2D eigenvalue weighted by molar-refractivity contribution is 9.10. The number of nitrogens with one attached hydrogen (secondary N) is 2. The van der Waals surface area contributed by atoms with Crippen molar-refractivity contribution in [3.63, 3.8) is 0 Å². The Hall–Kier alpha value is -2.00. The van der Waals surface area contributed by atoms with Crippen molar-refractivity contribution in [2.45, 2.75) is 6.36 Å². The molecule has 0 aliphatic rings. The molecule has 0 fully saturated rings. The smallest absolute Gasteiger partial charge is 0.405 e. The molecular weight excluding hydrogens is 353 g/mol. The normalized spacial score (nSPS) is 11.1. The quantitative estimate of drug-likeness (QED) is 0.570. The van der Waals surface area contributed by atoms with Crippen LogP contribution in [0.1, 0.15) is 0 Å². The molecule has 0 atom stereocenters. The highest BCUT2D eigenvalue weighted by Gasteiger charge is 2.31. The van der Waals surface area contributed by atoms with Gasteiger partial charge in [-0.05, 0) is 40.2 Å². The summed E-state index contributed by atoms with van der Waals surface area (Å²) >= 11 is 3.03. The molecule has 21 heavy (non-hydrogen) atoms. The van der Waals surface area contributed by atoms with Crippen LogP contribution in [0.4, 0.5) is 30.4 Å². The number of nitrogens with zero attached hydrogens (tertiary/aromatic N) is 1. The van der Waals surface area contributed by atoms with E-state index in [2.05, 4.69) is 36.4 Å². The van der Waals surface area contributed by atoms with Gasteiger partial charge in [-0.1, -0.05) is 0 Å². The second-order valence-corrected chi connectivity index (χ2v) is 4.75. The lowest BCUT2D eigenvalue weighted by molar-refractivity contribution is -0.274. The lowest BCUT2D eigenvalue weighted by Crippen LogP contribution is -2.17. The van der Waals surface area contributed by atoms with Crippen molar-refractivity contribution in [2.24, 2.45) is 5.84 Å². The Morgan fingerprint density at radius 2 is 1.86 bits per heavy atom. The number of hydrogen-bond acceptors (Lipinski definition) is 5. The molecule has 0 amide bonds. The first kappa shape index (κ1) is 15.4. The molecule has 0 saturated carbocycles. The minimum atomic E-state index is -4.73. The van der Waals surface area contributed by atoms with Crippen molar-refractivity contribution in [3.8, 4) is 5.75 Å². The van der Waals surface area contributed by atoms with Crippen molar-refractivity contribution >= 4 is 33.1 Å². The summed E-state index contributed by atoms with van der Waals surface area (Å²) in [6.07, 6.45) is -3.20. The number of ether oxygens (including phenoxy) is 1. The largest absolute Gasteiger partial charge is 0.573 e. The second-order valence-electron chi connectivity index (χ2n) is 3.89. The fraction of sp³-hybridized carbons (Fsp3) is 0.0833. The second kappa shape index (κ2) is 6.19. The van der Waals surface area contributed by atoms with E-state index in [1.54, 1.807) is 12.1 Å². The third kappa shape index (κ3) is 4.50. The number of hydrogen-bond donors (Lipinski definition) is 3. The number of benzene rings is 1. The van der Waals surface area contributed by atoms with Gasteiger partial charge in [0.1, 0.15) is 11.6 Å². The summed E-state index contributed by atoms with van der Waals surface area (Å²) in [5.41, 5.74) is 3.64. The molecular formula is C12H10BrF3N4O. The number of rotatable bonds is 4. The molecule has 0 saturated heterocycles. The number of halogens is 4. The van der Waals surface area contributed by atoms with Crippen molar-refractivity contribution in [3.05, 3.63) is 41.0 Å². The molecule has 0 radical (unpaired) electrons. The van der Waals surface area contributed by atoms with E-state index in [0.717, 1.165) is 0 Å². The summed E-state index contributed by atoms with van der Waals surface area (Å²) < 4.78 is 40.5. The van der Waals surface area contributed by atoms with Gasteiger partial charge in [-0.25, -0.2) is 10.8 Å². The fourth-order valence-electron chi connectivity index (χ4n) is 1.54. The third-order valence-corrected chi connectivity index (χ3v) is 2.97. The van der Waals surface area contributed by atoms with E-state index in [-0.39, 0.29) is 10.2 Å². The molecule has 1 aromatic heterocycles. The average Bonchev–Trinajstić information content (AvgIpc) is 2.41. The topological polar surface area (TPSA) is 72.2 Å². The average molecular weight is 363 g/mol. The predicted octanol–water partition coefficient (Wildman–Crippen LogP) is 3.77. The Balaban J connectivity index is 2.16. The lowest BCUT2D eigenvalue weighted by atomic mass is 10.3. The number of hydrazine groups is 1. The van der Waals surface area contributed by atoms with Gasteiger partial charge < -0.3 is 15.5 Å². The van der Waals surface area contributed by atoms with Gasteiger partial charge in [0, 0.05) is 23.6 Å². The van der Waals surface area contributed by atoms with Crippen LogP contribution in [0.2, 0.25) is 0 Å². The van der Waals surface area contributed by atoms with E-state index in [1.807, 2.05) is 0 Å². The van der Waals surface area contributed by atoms with Gasteiger partial charge in [0.2, 0.25) is 0 Å². The molecule has 0 aliphatic heterocycles. The maximum Gasteiger partial charge on any atom is 0.573 e. The zero-order valence-corrected chi connectivity index (χ0v) is 12.0. The fourth-order valence-corrected chi connectivity index (χ4v) is 2.00. The van der Waals surface area contributed by atoms with Crippen molar-refractivity contribution in [1.29, 1.82) is 0 Å². The molecule has 9 heteroatoms. The van der Waals surface area contributed by atoms with Crippen molar-refractivity contribution in [2.75, 3.05) is 10.7 Å². The maximum atomic E-state index is 12.2. The monoisotopic (exact) mass is 362 g/mol. The summed E-state index contributed by atoms with van der Waals surface area (Å²) in [6.45, 7) is 0. The summed E-state index contributed by atoms with van der Waals surface area (Å²) in [5.74, 6) is 5.39. The minimum absolute atomic E-state index is 0.177. The molecule has 2 aromatic rings. The van der Waals surface area contributed by atoms with Crippen LogP contribution >= 0.6 is 15.9 Å². The van der Waals surface area contributed by atoms with Gasteiger partial charge in [0.15, 0.2) is 0 Å². The number of anilines is 3. The van der Waals surface area contributed by atoms with Crippen molar-refractivity contribution in [1.82, 2.24) is 4.98 Å². The van der Waals surface area contributed by atoms with E-state index in [1.165, 1.54) is 24.4 Å². The van der Waals surface area contributed by atoms with Crippen LogP contribution < -0.4 is 21.3 Å². The van der Waals surface area contributed by atoms with E-state index in [4.69, 9.17) is 5.84 Å². The van der Waals surface area contributed by atoms with E-state index >= 15 is 0 Å². The van der Waals surface area contributed by atoms with Crippen molar-refractivity contribution < 1.29 is 17.9 Å². The van der Waals surface area contributed by atoms with Gasteiger partial charge in [-0.3, -0.25) is 0 Å². The van der Waals surface area contributed by atoms with Crippen LogP contribution in [0, 0.1) is 0 Å². The maximum absolute atomic E-state index is 12.2. The first-order valence-corrected chi connectivity index (χ1v) is 6.42. The molecule has 1 aromatic carbocycles. The van der Waals surface area contributed by atoms with Crippen LogP contribution in [0.3, 0.4) is 0 Å². The highest BCUT2D eigenvalue weighted by Crippen LogP contribution is 2.33. The van der Waals surface area contributed by atoms with Gasteiger partial charge >= 0.3 is 6.36 Å². The van der Waals surface area contributed by atoms with Gasteiger partial charge in [-0.15, -0.1) is 13.2 Å². The Kier molecular flexibility index (Phi) is 4.53. The Morgan fingerprint density at radius 1 is 1.14 bits per heavy atom. The highest BCUT2D eigenvalue weighted by atomic mass is 79.9. The first-order chi connectivity index (χ1) is 9.87. The molecule has 112 valence electrons. The summed E-state index contributed by atoms with van der Waals surface area (Å²) in [4.78, 5) is 3.94. The molecule has 0 aliphatic carbocycles. The van der Waals surface area contributed by atoms with Gasteiger partial charge in [0.05, 0.1) is 4.47 Å². The molecule has 0 spiro atoms. The Bertz CT molecular complexity index is 636. The predicted molar refractivity (Wildman–Crippen MR) is 76.2 cm³/mol. The third-order valence-electron chi connectivity index (χ3n) is 2.35. The Labute approximate surface area is 126 Å². The van der Waals surface area contributed by atoms with Crippen LogP contribution in [0.5, 0.6) is 5.75 Å². The van der Waals surface area contributed by atoms with Crippen LogP contribution in [-0.4, -0.2) is 11.3 Å². The lowest BCUT2D eigenvalue weighted by Gasteiger charge is -2.12. The number of nitrogen functional groups attached to an aromatic ring is 1. The standard InChI is InChI=1S/C12H10BrF3N4O/c13-9-5-7(1-2-10(9)21-12(14,15)16)19-8-3-4-18-11(6-8)20-17/h1-6H,17H2,(H2,18,19,20). The van der Waals surface area contributed by atoms with Crippen LogP contribution in [0.25, 0.3) is 0 Å². The Morgan fingerprint density at radius 3 is 2.48 bits per heavy atom. The molecule has 1 heterocycles. The molecule has 5 nitrogen and oxygen atoms in total. The number of pyridine rings is 1. The molecule has 0 bridgehead atoms. The minimum Gasteiger partial charge on any atom is -0.405 e. The zero-order chi connectivity index (χ0) is 15.5. The molecule has 4 N–H and O–H groups in total. The van der Waals surface area contributed by atoms with Gasteiger partial charge in [0.25, 0.3) is 0 Å². The van der Waals surface area contributed by atoms with Crippen LogP contribution in [-0.2, 0) is 0 Å². The number of nitrogens with two attached hydrogens (primary N) is 1. The number of alkyl halides is 3. The van der Waals surface area contributed by atoms with Crippen LogP contribution in [0.15, 0.2) is 41.0 Å². The summed E-state index contributed by atoms with van der Waals surface area (Å²) in [6, 6.07) is 7.48. The molecule has 0 unspecified atom stereocenters. The van der Waals surface area contributed by atoms with E-state index < -0.39 is 6.36 Å². The molecule has 2 rings (SSSR count).